The van der Waals surface area contributed by atoms with Crippen LogP contribution in [0.2, 0.25) is 0 Å². The van der Waals surface area contributed by atoms with E-state index in [1.807, 2.05) is 78.2 Å². The minimum atomic E-state index is -0.427. The van der Waals surface area contributed by atoms with Gasteiger partial charge in [-0.15, -0.1) is 0 Å². The van der Waals surface area contributed by atoms with E-state index < -0.39 is 4.92 Å². The Balaban J connectivity index is 1.47. The van der Waals surface area contributed by atoms with Crippen molar-refractivity contribution in [3.8, 4) is 34.3 Å². The van der Waals surface area contributed by atoms with Crippen molar-refractivity contribution in [1.29, 1.82) is 5.26 Å². The lowest BCUT2D eigenvalue weighted by atomic mass is 10.1. The average Bonchev–Trinajstić information content (AvgIpc) is 3.44. The summed E-state index contributed by atoms with van der Waals surface area (Å²) in [6, 6.07) is 31.8. The first-order valence-corrected chi connectivity index (χ1v) is 14.8. The number of aromatic nitrogens is 2. The number of amides is 1. The molecule has 2 aromatic heterocycles. The highest BCUT2D eigenvalue weighted by molar-refractivity contribution is 8.00. The van der Waals surface area contributed by atoms with Crippen molar-refractivity contribution in [2.24, 2.45) is 5.10 Å². The topological polar surface area (TPSA) is 135 Å². The second kappa shape index (κ2) is 14.3. The number of hydrazone groups is 1. The molecule has 224 valence electrons. The van der Waals surface area contributed by atoms with Gasteiger partial charge in [0.2, 0.25) is 5.91 Å². The number of nitro benzene ring substituents is 1. The van der Waals surface area contributed by atoms with E-state index in [1.54, 1.807) is 31.5 Å². The number of non-ortho nitro benzene ring substituents is 1. The van der Waals surface area contributed by atoms with Crippen LogP contribution in [0.3, 0.4) is 0 Å². The predicted molar refractivity (Wildman–Crippen MR) is 174 cm³/mol. The molecular weight excluding hydrogens is 588 g/mol. The number of thioether (sulfide) groups is 1. The van der Waals surface area contributed by atoms with Crippen LogP contribution in [0, 0.1) is 28.4 Å². The van der Waals surface area contributed by atoms with Crippen molar-refractivity contribution in [1.82, 2.24) is 15.0 Å². The molecule has 0 spiro atoms. The fourth-order valence-corrected chi connectivity index (χ4v) is 5.74. The number of hydrogen-bond acceptors (Lipinski definition) is 8. The van der Waals surface area contributed by atoms with Crippen molar-refractivity contribution in [2.75, 3.05) is 12.9 Å². The number of nitrogens with zero attached hydrogens (tertiary/aromatic N) is 5. The Kier molecular flexibility index (Phi) is 9.79. The third-order valence-electron chi connectivity index (χ3n) is 6.81. The molecule has 0 unspecified atom stereocenters. The van der Waals surface area contributed by atoms with Gasteiger partial charge in [-0.3, -0.25) is 14.9 Å². The summed E-state index contributed by atoms with van der Waals surface area (Å²) in [6.07, 6.45) is 1.58. The Hall–Kier alpha value is -5.57. The molecule has 10 nitrogen and oxygen atoms in total. The molecule has 0 saturated heterocycles. The first-order chi connectivity index (χ1) is 21.9. The molecule has 3 aromatic carbocycles. The van der Waals surface area contributed by atoms with E-state index in [0.717, 1.165) is 51.2 Å². The van der Waals surface area contributed by atoms with Crippen molar-refractivity contribution >= 4 is 29.6 Å². The van der Waals surface area contributed by atoms with Gasteiger partial charge < -0.3 is 9.30 Å². The molecule has 11 heteroatoms. The van der Waals surface area contributed by atoms with Crippen LogP contribution >= 0.6 is 11.8 Å². The third kappa shape index (κ3) is 7.15. The zero-order valence-corrected chi connectivity index (χ0v) is 25.3. The molecule has 0 bridgehead atoms. The summed E-state index contributed by atoms with van der Waals surface area (Å²) in [7, 11) is 1.56. The van der Waals surface area contributed by atoms with E-state index in [4.69, 9.17) is 4.74 Å². The third-order valence-corrected chi connectivity index (χ3v) is 7.78. The number of carbonyl (C=O) groups excluding carboxylic acids is 1. The van der Waals surface area contributed by atoms with Crippen molar-refractivity contribution < 1.29 is 14.5 Å². The summed E-state index contributed by atoms with van der Waals surface area (Å²) in [5, 5.41) is 25.8. The molecule has 1 N–H and O–H groups in total. The Morgan fingerprint density at radius 1 is 1.07 bits per heavy atom. The number of nitriles is 1. The highest BCUT2D eigenvalue weighted by Gasteiger charge is 2.20. The summed E-state index contributed by atoms with van der Waals surface area (Å²) >= 11 is 1.16. The number of pyridine rings is 1. The quantitative estimate of drug-likeness (QED) is 0.0756. The van der Waals surface area contributed by atoms with Gasteiger partial charge in [0, 0.05) is 36.2 Å². The molecule has 0 fully saturated rings. The maximum Gasteiger partial charge on any atom is 0.269 e. The molecule has 45 heavy (non-hydrogen) atoms. The summed E-state index contributed by atoms with van der Waals surface area (Å²) in [5.74, 6) is -0.365. The Labute approximate surface area is 264 Å². The Bertz CT molecular complexity index is 1900. The smallest absolute Gasteiger partial charge is 0.269 e. The minimum Gasteiger partial charge on any atom is -0.380 e. The van der Waals surface area contributed by atoms with Crippen LogP contribution in [-0.4, -0.2) is 39.5 Å². The van der Waals surface area contributed by atoms with Crippen LogP contribution in [0.25, 0.3) is 28.2 Å². The maximum atomic E-state index is 12.8. The Morgan fingerprint density at radius 3 is 2.36 bits per heavy atom. The van der Waals surface area contributed by atoms with Crippen LogP contribution in [-0.2, 0) is 16.1 Å². The van der Waals surface area contributed by atoms with Crippen LogP contribution in [0.4, 0.5) is 5.69 Å². The number of nitro groups is 1. The molecule has 0 aliphatic heterocycles. The molecule has 0 saturated carbocycles. The summed E-state index contributed by atoms with van der Waals surface area (Å²) in [5.41, 5.74) is 9.32. The van der Waals surface area contributed by atoms with Gasteiger partial charge in [0.15, 0.2) is 0 Å². The lowest BCUT2D eigenvalue weighted by molar-refractivity contribution is -0.384. The number of methoxy groups -OCH3 is 1. The van der Waals surface area contributed by atoms with E-state index in [1.165, 1.54) is 12.1 Å². The molecule has 0 radical (unpaired) electrons. The standard InChI is InChI=1S/C34H28N6O4S/c1-23-17-27(21-44-2)30(19-35)34(37-23)45-22-32(41)38-36-20-26-18-31(24-9-5-3-6-10-24)39(33(26)25-11-7-4-8-12-25)28-13-15-29(16-14-28)40(42)43/h3-18,20H,21-22H2,1-2H3,(H,38,41)/b36-20-. The van der Waals surface area contributed by atoms with Crippen LogP contribution < -0.4 is 5.43 Å². The van der Waals surface area contributed by atoms with E-state index >= 15 is 0 Å². The molecule has 0 aliphatic carbocycles. The fraction of sp³-hybridized carbons (Fsp3) is 0.118. The largest absolute Gasteiger partial charge is 0.380 e. The number of nitrogens with one attached hydrogen (secondary N) is 1. The van der Waals surface area contributed by atoms with E-state index in [-0.39, 0.29) is 24.0 Å². The van der Waals surface area contributed by atoms with E-state index in [0.29, 0.717) is 16.2 Å². The normalized spacial score (nSPS) is 11.0. The second-order valence-electron chi connectivity index (χ2n) is 9.90. The zero-order valence-electron chi connectivity index (χ0n) is 24.5. The van der Waals surface area contributed by atoms with Crippen molar-refractivity contribution in [2.45, 2.75) is 18.6 Å². The molecule has 5 rings (SSSR count). The van der Waals surface area contributed by atoms with E-state index in [9.17, 15) is 20.2 Å². The number of rotatable bonds is 11. The summed E-state index contributed by atoms with van der Waals surface area (Å²) in [6.45, 7) is 2.09. The lowest BCUT2D eigenvalue weighted by Gasteiger charge is -2.15. The number of ether oxygens (including phenoxy) is 1. The molecular formula is C34H28N6O4S. The molecule has 1 amide bonds. The van der Waals surface area contributed by atoms with Gasteiger partial charge in [-0.25, -0.2) is 10.4 Å². The lowest BCUT2D eigenvalue weighted by Crippen LogP contribution is -2.20. The highest BCUT2D eigenvalue weighted by Crippen LogP contribution is 2.36. The summed E-state index contributed by atoms with van der Waals surface area (Å²) in [4.78, 5) is 28.2. The number of carbonyl (C=O) groups is 1. The average molecular weight is 617 g/mol. The van der Waals surface area contributed by atoms with Gasteiger partial charge >= 0.3 is 0 Å². The maximum absolute atomic E-state index is 12.8. The highest BCUT2D eigenvalue weighted by atomic mass is 32.2. The van der Waals surface area contributed by atoms with Gasteiger partial charge in [-0.2, -0.15) is 10.4 Å². The number of hydrogen-bond donors (Lipinski definition) is 1. The SMILES string of the molecule is COCc1cc(C)nc(SCC(=O)N/N=C\c2cc(-c3ccccc3)n(-c3ccc([N+](=O)[O-])cc3)c2-c2ccccc2)c1C#N. The first-order valence-electron chi connectivity index (χ1n) is 13.8. The van der Waals surface area contributed by atoms with Gasteiger partial charge in [-0.1, -0.05) is 72.4 Å². The van der Waals surface area contributed by atoms with E-state index in [2.05, 4.69) is 21.6 Å². The summed E-state index contributed by atoms with van der Waals surface area (Å²) < 4.78 is 7.23. The van der Waals surface area contributed by atoms with Gasteiger partial charge in [0.1, 0.15) is 11.1 Å². The molecule has 0 atom stereocenters. The van der Waals surface area contributed by atoms with Crippen LogP contribution in [0.1, 0.15) is 22.4 Å². The van der Waals surface area contributed by atoms with Gasteiger partial charge in [0.05, 0.1) is 40.4 Å². The molecule has 5 aromatic rings. The van der Waals surface area contributed by atoms with Crippen LogP contribution in [0.15, 0.2) is 107 Å². The first kappa shape index (κ1) is 30.9. The predicted octanol–water partition coefficient (Wildman–Crippen LogP) is 6.68. The monoisotopic (exact) mass is 616 g/mol. The minimum absolute atomic E-state index is 0.000486. The Morgan fingerprint density at radius 2 is 1.73 bits per heavy atom. The van der Waals surface area contributed by atoms with Crippen molar-refractivity contribution in [3.05, 3.63) is 130 Å². The fourth-order valence-electron chi connectivity index (χ4n) is 4.88. The second-order valence-corrected chi connectivity index (χ2v) is 10.9. The van der Waals surface area contributed by atoms with Gasteiger partial charge in [-0.05, 0) is 47.9 Å². The van der Waals surface area contributed by atoms with Gasteiger partial charge in [0.25, 0.3) is 5.69 Å². The molecule has 0 aliphatic rings. The molecule has 2 heterocycles. The van der Waals surface area contributed by atoms with Crippen molar-refractivity contribution in [3.63, 3.8) is 0 Å². The van der Waals surface area contributed by atoms with Crippen LogP contribution in [0.5, 0.6) is 0 Å². The zero-order chi connectivity index (χ0) is 31.8. The number of benzene rings is 3. The number of aryl methyl sites for hydroxylation is 1.